The third-order valence-corrected chi connectivity index (χ3v) is 5.08. The van der Waals surface area contributed by atoms with Gasteiger partial charge in [0.1, 0.15) is 0 Å². The quantitative estimate of drug-likeness (QED) is 0.589. The van der Waals surface area contributed by atoms with Gasteiger partial charge in [0.15, 0.2) is 0 Å². The fraction of sp³-hybridized carbons (Fsp3) is 0.300. The van der Waals surface area contributed by atoms with Gasteiger partial charge in [0, 0.05) is 40.9 Å². The summed E-state index contributed by atoms with van der Waals surface area (Å²) in [6, 6.07) is 15.1. The summed E-state index contributed by atoms with van der Waals surface area (Å²) in [5.41, 5.74) is 11.9. The van der Waals surface area contributed by atoms with Gasteiger partial charge in [-0.15, -0.1) is 0 Å². The van der Waals surface area contributed by atoms with Crippen LogP contribution in [0.15, 0.2) is 46.9 Å². The van der Waals surface area contributed by atoms with Crippen molar-refractivity contribution in [2.75, 3.05) is 25.5 Å². The minimum Gasteiger partial charge on any atom is -0.378 e. The number of anilines is 1. The average molecular weight is 386 g/mol. The molecule has 3 N–H and O–H groups in total. The van der Waals surface area contributed by atoms with E-state index in [1.807, 2.05) is 0 Å². The first kappa shape index (κ1) is 17.1. The lowest BCUT2D eigenvalue weighted by Crippen LogP contribution is -2.08. The van der Waals surface area contributed by atoms with Crippen molar-refractivity contribution in [1.82, 2.24) is 4.98 Å². The highest BCUT2D eigenvalue weighted by molar-refractivity contribution is 9.10. The molecule has 126 valence electrons. The van der Waals surface area contributed by atoms with Gasteiger partial charge in [0.05, 0.1) is 5.52 Å². The maximum absolute atomic E-state index is 5.69. The van der Waals surface area contributed by atoms with Crippen molar-refractivity contribution in [1.29, 1.82) is 0 Å². The number of aromatic amines is 1. The van der Waals surface area contributed by atoms with Gasteiger partial charge in [-0.2, -0.15) is 0 Å². The molecule has 0 saturated carbocycles. The number of fused-ring (bicyclic) bond motifs is 1. The average Bonchev–Trinajstić information content (AvgIpc) is 2.95. The zero-order chi connectivity index (χ0) is 17.1. The second kappa shape index (κ2) is 7.41. The van der Waals surface area contributed by atoms with Gasteiger partial charge in [-0.1, -0.05) is 24.3 Å². The molecule has 1 aromatic heterocycles. The number of aryl methyl sites for hydroxylation is 1. The third kappa shape index (κ3) is 3.35. The van der Waals surface area contributed by atoms with Crippen LogP contribution in [0.3, 0.4) is 0 Å². The molecule has 3 nitrogen and oxygen atoms in total. The van der Waals surface area contributed by atoms with E-state index in [1.165, 1.54) is 33.4 Å². The lowest BCUT2D eigenvalue weighted by atomic mass is 10.00. The topological polar surface area (TPSA) is 45.0 Å². The Morgan fingerprint density at radius 2 is 1.88 bits per heavy atom. The molecular formula is C20H24BrN3. The number of benzene rings is 2. The van der Waals surface area contributed by atoms with E-state index in [0.29, 0.717) is 0 Å². The Morgan fingerprint density at radius 3 is 2.62 bits per heavy atom. The van der Waals surface area contributed by atoms with Crippen molar-refractivity contribution < 1.29 is 0 Å². The molecule has 2 aromatic carbocycles. The minimum atomic E-state index is 0.748. The van der Waals surface area contributed by atoms with Gasteiger partial charge < -0.3 is 15.6 Å². The molecule has 0 spiro atoms. The summed E-state index contributed by atoms with van der Waals surface area (Å²) in [5.74, 6) is 0. The number of nitrogens with zero attached hydrogens (tertiary/aromatic N) is 1. The highest BCUT2D eigenvalue weighted by Crippen LogP contribution is 2.35. The van der Waals surface area contributed by atoms with Crippen LogP contribution in [0.1, 0.15) is 18.4 Å². The summed E-state index contributed by atoms with van der Waals surface area (Å²) in [5, 5.41) is 1.30. The number of rotatable bonds is 6. The zero-order valence-corrected chi connectivity index (χ0v) is 15.9. The monoisotopic (exact) mass is 385 g/mol. The molecule has 0 bridgehead atoms. The number of H-pyrrole nitrogens is 1. The number of hydrogen-bond donors (Lipinski definition) is 2. The van der Waals surface area contributed by atoms with Crippen molar-refractivity contribution >= 4 is 32.5 Å². The lowest BCUT2D eigenvalue weighted by Gasteiger charge is -2.14. The lowest BCUT2D eigenvalue weighted by molar-refractivity contribution is 0.748. The third-order valence-electron chi connectivity index (χ3n) is 4.42. The van der Waals surface area contributed by atoms with Crippen molar-refractivity contribution in [3.05, 3.63) is 52.5 Å². The summed E-state index contributed by atoms with van der Waals surface area (Å²) < 4.78 is 1.11. The van der Waals surface area contributed by atoms with Crippen LogP contribution in [0.5, 0.6) is 0 Å². The Morgan fingerprint density at radius 1 is 1.08 bits per heavy atom. The number of nitrogens with one attached hydrogen (secondary N) is 1. The van der Waals surface area contributed by atoms with Crippen LogP contribution in [-0.4, -0.2) is 25.6 Å². The molecule has 0 aliphatic rings. The SMILES string of the molecule is CN(C)c1cccc(-c2[nH]c3c(Br)cccc3c2CCCCN)c1. The van der Waals surface area contributed by atoms with E-state index in [1.54, 1.807) is 0 Å². The first-order chi connectivity index (χ1) is 11.6. The fourth-order valence-electron chi connectivity index (χ4n) is 3.13. The van der Waals surface area contributed by atoms with E-state index in [4.69, 9.17) is 5.73 Å². The van der Waals surface area contributed by atoms with Crippen LogP contribution < -0.4 is 10.6 Å². The van der Waals surface area contributed by atoms with Gasteiger partial charge >= 0.3 is 0 Å². The smallest absolute Gasteiger partial charge is 0.0606 e. The Kier molecular flexibility index (Phi) is 5.27. The molecule has 4 heteroatoms. The van der Waals surface area contributed by atoms with E-state index in [0.717, 1.165) is 30.3 Å². The second-order valence-electron chi connectivity index (χ2n) is 6.33. The Hall–Kier alpha value is -1.78. The van der Waals surface area contributed by atoms with Crippen molar-refractivity contribution in [2.24, 2.45) is 5.73 Å². The highest BCUT2D eigenvalue weighted by Gasteiger charge is 2.15. The number of unbranched alkanes of at least 4 members (excludes halogenated alkanes) is 1. The number of aromatic nitrogens is 1. The predicted molar refractivity (Wildman–Crippen MR) is 108 cm³/mol. The summed E-state index contributed by atoms with van der Waals surface area (Å²) in [4.78, 5) is 5.78. The van der Waals surface area contributed by atoms with E-state index in [-0.39, 0.29) is 0 Å². The molecule has 1 heterocycles. The Labute approximate surface area is 152 Å². The molecule has 0 aliphatic carbocycles. The fourth-order valence-corrected chi connectivity index (χ4v) is 3.59. The van der Waals surface area contributed by atoms with Gasteiger partial charge in [-0.05, 0) is 65.5 Å². The molecule has 3 aromatic rings. The number of halogens is 1. The molecule has 3 rings (SSSR count). The van der Waals surface area contributed by atoms with Crippen molar-refractivity contribution in [3.8, 4) is 11.3 Å². The predicted octanol–water partition coefficient (Wildman–Crippen LogP) is 4.94. The number of nitrogens with two attached hydrogens (primary N) is 1. The van der Waals surface area contributed by atoms with Crippen LogP contribution in [-0.2, 0) is 6.42 Å². The molecule has 0 radical (unpaired) electrons. The van der Waals surface area contributed by atoms with Gasteiger partial charge in [0.25, 0.3) is 0 Å². The summed E-state index contributed by atoms with van der Waals surface area (Å²) in [6.45, 7) is 0.748. The Bertz CT molecular complexity index is 836. The number of hydrogen-bond acceptors (Lipinski definition) is 2. The van der Waals surface area contributed by atoms with Gasteiger partial charge in [-0.3, -0.25) is 0 Å². The molecular weight excluding hydrogens is 362 g/mol. The summed E-state index contributed by atoms with van der Waals surface area (Å²) in [7, 11) is 4.14. The summed E-state index contributed by atoms with van der Waals surface area (Å²) >= 11 is 3.68. The first-order valence-corrected chi connectivity index (χ1v) is 9.18. The van der Waals surface area contributed by atoms with Crippen molar-refractivity contribution in [2.45, 2.75) is 19.3 Å². The standard InChI is InChI=1S/C20H24BrN3/c1-24(2)15-8-5-7-14(13-15)19-16(9-3-4-12-22)17-10-6-11-18(21)20(17)23-19/h5-8,10-11,13,23H,3-4,9,12,22H2,1-2H3. The number of para-hydroxylation sites is 1. The maximum Gasteiger partial charge on any atom is 0.0606 e. The second-order valence-corrected chi connectivity index (χ2v) is 7.19. The van der Waals surface area contributed by atoms with E-state index in [2.05, 4.69) is 82.4 Å². The molecule has 0 fully saturated rings. The highest BCUT2D eigenvalue weighted by atomic mass is 79.9. The zero-order valence-electron chi connectivity index (χ0n) is 14.3. The largest absolute Gasteiger partial charge is 0.378 e. The molecule has 0 atom stereocenters. The van der Waals surface area contributed by atoms with Crippen molar-refractivity contribution in [3.63, 3.8) is 0 Å². The van der Waals surface area contributed by atoms with E-state index < -0.39 is 0 Å². The minimum absolute atomic E-state index is 0.748. The van der Waals surface area contributed by atoms with Gasteiger partial charge in [0.2, 0.25) is 0 Å². The maximum atomic E-state index is 5.69. The van der Waals surface area contributed by atoms with Crippen LogP contribution >= 0.6 is 15.9 Å². The molecule has 0 unspecified atom stereocenters. The molecule has 24 heavy (non-hydrogen) atoms. The van der Waals surface area contributed by atoms with Gasteiger partial charge in [-0.25, -0.2) is 0 Å². The van der Waals surface area contributed by atoms with Crippen LogP contribution in [0, 0.1) is 0 Å². The first-order valence-electron chi connectivity index (χ1n) is 8.38. The van der Waals surface area contributed by atoms with Crippen LogP contribution in [0.2, 0.25) is 0 Å². The summed E-state index contributed by atoms with van der Waals surface area (Å²) in [6.07, 6.45) is 3.20. The normalized spacial score (nSPS) is 11.2. The molecule has 0 amide bonds. The Balaban J connectivity index is 2.13. The van der Waals surface area contributed by atoms with E-state index >= 15 is 0 Å². The molecule has 0 saturated heterocycles. The van der Waals surface area contributed by atoms with Crippen LogP contribution in [0.25, 0.3) is 22.2 Å². The van der Waals surface area contributed by atoms with Crippen LogP contribution in [0.4, 0.5) is 5.69 Å². The molecule has 0 aliphatic heterocycles. The van der Waals surface area contributed by atoms with E-state index in [9.17, 15) is 0 Å².